The van der Waals surface area contributed by atoms with E-state index in [9.17, 15) is 5.21 Å². The first-order valence-corrected chi connectivity index (χ1v) is 3.50. The van der Waals surface area contributed by atoms with Gasteiger partial charge in [0.2, 0.25) is 0 Å². The molecule has 0 fully saturated rings. The molecule has 0 saturated heterocycles. The van der Waals surface area contributed by atoms with Crippen molar-refractivity contribution < 1.29 is 4.74 Å². The minimum Gasteiger partial charge on any atom is -0.624 e. The molecule has 0 rings (SSSR count). The van der Waals surface area contributed by atoms with Gasteiger partial charge in [-0.3, -0.25) is 0 Å². The second kappa shape index (κ2) is 5.60. The van der Waals surface area contributed by atoms with Gasteiger partial charge in [0.1, 0.15) is 7.05 Å². The second-order valence-corrected chi connectivity index (χ2v) is 2.22. The molecule has 0 aromatic carbocycles. The van der Waals surface area contributed by atoms with Gasteiger partial charge < -0.3 is 5.21 Å². The Kier molecular flexibility index (Phi) is 5.27. The van der Waals surface area contributed by atoms with Crippen LogP contribution in [-0.4, -0.2) is 18.0 Å². The second-order valence-electron chi connectivity index (χ2n) is 2.22. The smallest absolute Gasteiger partial charge is 0.150 e. The molecule has 0 bridgehead atoms. The van der Waals surface area contributed by atoms with Gasteiger partial charge in [-0.05, 0) is 6.42 Å². The zero-order valence-corrected chi connectivity index (χ0v) is 6.26. The Labute approximate surface area is 56.8 Å². The molecule has 0 heterocycles. The number of hydrogen-bond donors (Lipinski definition) is 0. The van der Waals surface area contributed by atoms with Gasteiger partial charge in [0.15, 0.2) is 6.21 Å². The van der Waals surface area contributed by atoms with Crippen LogP contribution < -0.4 is 0 Å². The number of hydroxylamine groups is 1. The third-order valence-electron chi connectivity index (χ3n) is 1.19. The van der Waals surface area contributed by atoms with Gasteiger partial charge in [-0.2, -0.15) is 0 Å². The summed E-state index contributed by atoms with van der Waals surface area (Å²) in [7, 11) is 1.52. The number of rotatable bonds is 4. The van der Waals surface area contributed by atoms with Gasteiger partial charge in [-0.25, -0.2) is 4.74 Å². The van der Waals surface area contributed by atoms with Crippen LogP contribution in [-0.2, 0) is 0 Å². The fraction of sp³-hybridized carbons (Fsp3) is 0.857. The molecule has 0 unspecified atom stereocenters. The molecule has 2 nitrogen and oxygen atoms in total. The monoisotopic (exact) mass is 129 g/mol. The van der Waals surface area contributed by atoms with Crippen LogP contribution in [0.3, 0.4) is 0 Å². The summed E-state index contributed by atoms with van der Waals surface area (Å²) >= 11 is 0. The van der Waals surface area contributed by atoms with Crippen molar-refractivity contribution >= 4 is 6.21 Å². The SMILES string of the molecule is CCCCC/C=[N+](/C)[O-]. The van der Waals surface area contributed by atoms with Crippen molar-refractivity contribution in [1.82, 2.24) is 0 Å². The van der Waals surface area contributed by atoms with Crippen LogP contribution in [0, 0.1) is 5.21 Å². The molecule has 0 N–H and O–H groups in total. The van der Waals surface area contributed by atoms with Crippen LogP contribution in [0.25, 0.3) is 0 Å². The Balaban J connectivity index is 3.00. The normalized spacial score (nSPS) is 12.0. The number of unbranched alkanes of at least 4 members (excludes halogenated alkanes) is 3. The maximum atomic E-state index is 10.3. The highest BCUT2D eigenvalue weighted by Crippen LogP contribution is 1.95. The van der Waals surface area contributed by atoms with Crippen LogP contribution >= 0.6 is 0 Å². The lowest BCUT2D eigenvalue weighted by atomic mass is 10.2. The van der Waals surface area contributed by atoms with Crippen LogP contribution in [0.2, 0.25) is 0 Å². The predicted octanol–water partition coefficient (Wildman–Crippen LogP) is 1.78. The van der Waals surface area contributed by atoms with Crippen LogP contribution in [0.4, 0.5) is 0 Å². The van der Waals surface area contributed by atoms with Crippen molar-refractivity contribution in [1.29, 1.82) is 0 Å². The predicted molar refractivity (Wildman–Crippen MR) is 39.8 cm³/mol. The Morgan fingerprint density at radius 2 is 2.11 bits per heavy atom. The van der Waals surface area contributed by atoms with E-state index in [-0.39, 0.29) is 0 Å². The summed E-state index contributed by atoms with van der Waals surface area (Å²) in [6, 6.07) is 0. The maximum Gasteiger partial charge on any atom is 0.150 e. The molecular weight excluding hydrogens is 114 g/mol. The highest BCUT2D eigenvalue weighted by atomic mass is 16.5. The van der Waals surface area contributed by atoms with E-state index in [1.54, 1.807) is 6.21 Å². The highest BCUT2D eigenvalue weighted by Gasteiger charge is 1.84. The van der Waals surface area contributed by atoms with Crippen molar-refractivity contribution in [3.63, 3.8) is 0 Å². The zero-order chi connectivity index (χ0) is 7.11. The molecule has 0 aromatic rings. The molecule has 2 heteroatoms. The maximum absolute atomic E-state index is 10.3. The van der Waals surface area contributed by atoms with Gasteiger partial charge >= 0.3 is 0 Å². The lowest BCUT2D eigenvalue weighted by Gasteiger charge is -1.93. The van der Waals surface area contributed by atoms with Crippen molar-refractivity contribution in [3.8, 4) is 0 Å². The summed E-state index contributed by atoms with van der Waals surface area (Å²) in [4.78, 5) is 0. The van der Waals surface area contributed by atoms with E-state index >= 15 is 0 Å². The van der Waals surface area contributed by atoms with Crippen molar-refractivity contribution in [2.75, 3.05) is 7.05 Å². The van der Waals surface area contributed by atoms with E-state index < -0.39 is 0 Å². The molecule has 9 heavy (non-hydrogen) atoms. The third kappa shape index (κ3) is 7.47. The minimum atomic E-state index is 0.871. The fourth-order valence-electron chi connectivity index (χ4n) is 0.667. The molecule has 0 atom stereocenters. The van der Waals surface area contributed by atoms with E-state index in [1.165, 1.54) is 19.9 Å². The summed E-state index contributed by atoms with van der Waals surface area (Å²) in [5.41, 5.74) is 0. The van der Waals surface area contributed by atoms with Gasteiger partial charge in [0.25, 0.3) is 0 Å². The first-order valence-electron chi connectivity index (χ1n) is 3.50. The molecule has 0 amide bonds. The average Bonchev–Trinajstić information content (AvgIpc) is 1.80. The van der Waals surface area contributed by atoms with E-state index in [0.717, 1.165) is 17.6 Å². The molecule has 0 spiro atoms. The van der Waals surface area contributed by atoms with E-state index in [1.807, 2.05) is 0 Å². The van der Waals surface area contributed by atoms with Crippen molar-refractivity contribution in [3.05, 3.63) is 5.21 Å². The van der Waals surface area contributed by atoms with Crippen molar-refractivity contribution in [2.24, 2.45) is 0 Å². The Morgan fingerprint density at radius 1 is 1.44 bits per heavy atom. The van der Waals surface area contributed by atoms with Crippen LogP contribution in [0.1, 0.15) is 32.6 Å². The van der Waals surface area contributed by atoms with E-state index in [0.29, 0.717) is 0 Å². The number of nitrogens with zero attached hydrogens (tertiary/aromatic N) is 1. The van der Waals surface area contributed by atoms with Crippen LogP contribution in [0.5, 0.6) is 0 Å². The molecule has 0 saturated carbocycles. The largest absolute Gasteiger partial charge is 0.624 e. The zero-order valence-electron chi connectivity index (χ0n) is 6.26. The lowest BCUT2D eigenvalue weighted by Crippen LogP contribution is -1.95. The summed E-state index contributed by atoms with van der Waals surface area (Å²) < 4.78 is 0.871. The summed E-state index contributed by atoms with van der Waals surface area (Å²) in [5, 5.41) is 10.3. The highest BCUT2D eigenvalue weighted by molar-refractivity contribution is 5.50. The summed E-state index contributed by atoms with van der Waals surface area (Å²) in [6.45, 7) is 2.15. The quantitative estimate of drug-likeness (QED) is 0.187. The Bertz CT molecular complexity index is 84.9. The molecule has 54 valence electrons. The van der Waals surface area contributed by atoms with Crippen molar-refractivity contribution in [2.45, 2.75) is 32.6 Å². The van der Waals surface area contributed by atoms with E-state index in [4.69, 9.17) is 0 Å². The third-order valence-corrected chi connectivity index (χ3v) is 1.19. The summed E-state index contributed by atoms with van der Waals surface area (Å²) in [5.74, 6) is 0. The fourth-order valence-corrected chi connectivity index (χ4v) is 0.667. The topological polar surface area (TPSA) is 26.1 Å². The van der Waals surface area contributed by atoms with Gasteiger partial charge in [0.05, 0.1) is 0 Å². The Morgan fingerprint density at radius 3 is 2.56 bits per heavy atom. The Hall–Kier alpha value is -0.530. The first-order chi connectivity index (χ1) is 4.27. The minimum absolute atomic E-state index is 0.871. The standard InChI is InChI=1S/C7H15NO/c1-3-4-5-6-7-8(2)9/h7H,3-6H2,1-2H3/b8-7-. The molecule has 0 aliphatic rings. The van der Waals surface area contributed by atoms with Gasteiger partial charge in [-0.15, -0.1) is 0 Å². The van der Waals surface area contributed by atoms with Crippen LogP contribution in [0.15, 0.2) is 0 Å². The summed E-state index contributed by atoms with van der Waals surface area (Å²) in [6.07, 6.45) is 6.19. The van der Waals surface area contributed by atoms with Gasteiger partial charge in [-0.1, -0.05) is 19.8 Å². The lowest BCUT2D eigenvalue weighted by molar-refractivity contribution is -0.418. The molecular formula is C7H15NO. The van der Waals surface area contributed by atoms with E-state index in [2.05, 4.69) is 6.92 Å². The molecule has 0 aromatic heterocycles. The first kappa shape index (κ1) is 8.47. The molecule has 0 aliphatic carbocycles. The average molecular weight is 129 g/mol. The van der Waals surface area contributed by atoms with Gasteiger partial charge in [0, 0.05) is 6.42 Å². The number of hydrogen-bond acceptors (Lipinski definition) is 1. The molecule has 0 aliphatic heterocycles. The molecule has 0 radical (unpaired) electrons.